The van der Waals surface area contributed by atoms with Gasteiger partial charge in [0, 0.05) is 12.6 Å². The lowest BCUT2D eigenvalue weighted by Gasteiger charge is -2.26. The van der Waals surface area contributed by atoms with Gasteiger partial charge in [0.15, 0.2) is 0 Å². The van der Waals surface area contributed by atoms with Gasteiger partial charge in [0.2, 0.25) is 0 Å². The van der Waals surface area contributed by atoms with Crippen LogP contribution in [0.5, 0.6) is 17.2 Å². The van der Waals surface area contributed by atoms with E-state index in [1.807, 2.05) is 30.3 Å². The Balaban J connectivity index is 0.00000300. The van der Waals surface area contributed by atoms with Crippen LogP contribution in [0, 0.1) is 0 Å². The molecule has 0 bridgehead atoms. The van der Waals surface area contributed by atoms with Crippen LogP contribution in [0.1, 0.15) is 36.8 Å². The smallest absolute Gasteiger partial charge is 0.123 e. The Kier molecular flexibility index (Phi) is 9.89. The monoisotopic (exact) mass is 417 g/mol. The number of hydrogen-bond acceptors (Lipinski definition) is 4. The quantitative estimate of drug-likeness (QED) is 0.395. The molecule has 0 aliphatic carbocycles. The predicted octanol–water partition coefficient (Wildman–Crippen LogP) is 5.55. The van der Waals surface area contributed by atoms with Crippen molar-refractivity contribution in [1.29, 1.82) is 0 Å². The molecule has 0 amide bonds. The standard InChI is InChI=1S/C24H31NO3.ClH/c1-26-23-17-21(18-24(19-23)27-2)8-7-20-9-11-22(12-10-20)28-16-6-15-25-13-4-3-5-14-25;/h7-12,17-19H,3-6,13-16H2,1-2H3;1H/b8-7+;. The molecule has 29 heavy (non-hydrogen) atoms. The minimum Gasteiger partial charge on any atom is -0.497 e. The fraction of sp³-hybridized carbons (Fsp3) is 0.417. The van der Waals surface area contributed by atoms with Crippen LogP contribution >= 0.6 is 12.4 Å². The molecule has 4 nitrogen and oxygen atoms in total. The van der Waals surface area contributed by atoms with E-state index in [1.54, 1.807) is 14.2 Å². The fourth-order valence-electron chi connectivity index (χ4n) is 3.45. The maximum absolute atomic E-state index is 5.89. The summed E-state index contributed by atoms with van der Waals surface area (Å²) in [5.41, 5.74) is 2.16. The Morgan fingerprint density at radius 2 is 1.41 bits per heavy atom. The molecule has 0 spiro atoms. The van der Waals surface area contributed by atoms with Gasteiger partial charge in [-0.05, 0) is 67.7 Å². The van der Waals surface area contributed by atoms with E-state index in [9.17, 15) is 0 Å². The van der Waals surface area contributed by atoms with Crippen molar-refractivity contribution in [3.8, 4) is 17.2 Å². The van der Waals surface area contributed by atoms with E-state index in [2.05, 4.69) is 29.2 Å². The molecule has 0 unspecified atom stereocenters. The van der Waals surface area contributed by atoms with E-state index in [0.29, 0.717) is 0 Å². The average Bonchev–Trinajstić information content (AvgIpc) is 2.76. The number of rotatable bonds is 9. The zero-order valence-corrected chi connectivity index (χ0v) is 18.2. The summed E-state index contributed by atoms with van der Waals surface area (Å²) in [6.07, 6.45) is 9.29. The summed E-state index contributed by atoms with van der Waals surface area (Å²) in [6, 6.07) is 14.1. The molecule has 1 fully saturated rings. The molecule has 5 heteroatoms. The molecule has 0 saturated carbocycles. The van der Waals surface area contributed by atoms with Crippen LogP contribution in [-0.2, 0) is 0 Å². The largest absolute Gasteiger partial charge is 0.497 e. The van der Waals surface area contributed by atoms with Crippen molar-refractivity contribution in [2.75, 3.05) is 40.5 Å². The number of nitrogens with zero attached hydrogens (tertiary/aromatic N) is 1. The first kappa shape index (κ1) is 23.1. The molecule has 1 saturated heterocycles. The number of likely N-dealkylation sites (tertiary alicyclic amines) is 1. The number of methoxy groups -OCH3 is 2. The van der Waals surface area contributed by atoms with Crippen molar-refractivity contribution in [2.24, 2.45) is 0 Å². The SMILES string of the molecule is COc1cc(/C=C/c2ccc(OCCCN3CCCCC3)cc2)cc(OC)c1.Cl. The molecule has 0 N–H and O–H groups in total. The third-order valence-electron chi connectivity index (χ3n) is 5.06. The van der Waals surface area contributed by atoms with Crippen molar-refractivity contribution < 1.29 is 14.2 Å². The molecule has 2 aromatic carbocycles. The van der Waals surface area contributed by atoms with Crippen molar-refractivity contribution in [3.63, 3.8) is 0 Å². The Hall–Kier alpha value is -2.17. The lowest BCUT2D eigenvalue weighted by Crippen LogP contribution is -2.31. The van der Waals surface area contributed by atoms with Gasteiger partial charge in [-0.25, -0.2) is 0 Å². The highest BCUT2D eigenvalue weighted by Crippen LogP contribution is 2.24. The maximum atomic E-state index is 5.89. The summed E-state index contributed by atoms with van der Waals surface area (Å²) in [5, 5.41) is 0. The molecule has 158 valence electrons. The highest BCUT2D eigenvalue weighted by Gasteiger charge is 2.09. The van der Waals surface area contributed by atoms with Gasteiger partial charge >= 0.3 is 0 Å². The first-order valence-electron chi connectivity index (χ1n) is 10.1. The summed E-state index contributed by atoms with van der Waals surface area (Å²) in [6.45, 7) is 4.42. The van der Waals surface area contributed by atoms with E-state index in [4.69, 9.17) is 14.2 Å². The van der Waals surface area contributed by atoms with E-state index in [-0.39, 0.29) is 12.4 Å². The molecule has 1 heterocycles. The van der Waals surface area contributed by atoms with Gasteiger partial charge < -0.3 is 19.1 Å². The minimum atomic E-state index is 0. The number of hydrogen-bond donors (Lipinski definition) is 0. The highest BCUT2D eigenvalue weighted by atomic mass is 35.5. The Morgan fingerprint density at radius 1 is 0.793 bits per heavy atom. The van der Waals surface area contributed by atoms with Crippen molar-refractivity contribution >= 4 is 24.6 Å². The second kappa shape index (κ2) is 12.4. The van der Waals surface area contributed by atoms with Crippen LogP contribution in [0.2, 0.25) is 0 Å². The Bertz CT molecular complexity index is 733. The third kappa shape index (κ3) is 7.64. The molecule has 0 radical (unpaired) electrons. The topological polar surface area (TPSA) is 30.9 Å². The van der Waals surface area contributed by atoms with Crippen LogP contribution in [-0.4, -0.2) is 45.4 Å². The van der Waals surface area contributed by atoms with E-state index in [0.717, 1.165) is 47.9 Å². The normalized spacial score (nSPS) is 14.4. The zero-order valence-electron chi connectivity index (χ0n) is 17.4. The number of ether oxygens (including phenoxy) is 3. The van der Waals surface area contributed by atoms with Gasteiger partial charge in [-0.1, -0.05) is 30.7 Å². The summed E-state index contributed by atoms with van der Waals surface area (Å²) in [5.74, 6) is 2.50. The summed E-state index contributed by atoms with van der Waals surface area (Å²) < 4.78 is 16.5. The average molecular weight is 418 g/mol. The summed E-state index contributed by atoms with van der Waals surface area (Å²) in [7, 11) is 3.32. The highest BCUT2D eigenvalue weighted by molar-refractivity contribution is 5.85. The summed E-state index contributed by atoms with van der Waals surface area (Å²) >= 11 is 0. The number of piperidine rings is 1. The van der Waals surface area contributed by atoms with E-state index >= 15 is 0 Å². The predicted molar refractivity (Wildman–Crippen MR) is 123 cm³/mol. The van der Waals surface area contributed by atoms with Crippen molar-refractivity contribution in [1.82, 2.24) is 4.90 Å². The summed E-state index contributed by atoms with van der Waals surface area (Å²) in [4.78, 5) is 2.55. The third-order valence-corrected chi connectivity index (χ3v) is 5.06. The number of halogens is 1. The van der Waals surface area contributed by atoms with Gasteiger partial charge in [0.25, 0.3) is 0 Å². The van der Waals surface area contributed by atoms with E-state index in [1.165, 1.54) is 32.4 Å². The second-order valence-electron chi connectivity index (χ2n) is 7.15. The molecule has 0 aromatic heterocycles. The zero-order chi connectivity index (χ0) is 19.6. The molecule has 1 aliphatic rings. The van der Waals surface area contributed by atoms with Gasteiger partial charge in [0.1, 0.15) is 17.2 Å². The first-order chi connectivity index (χ1) is 13.8. The molecule has 3 rings (SSSR count). The minimum absolute atomic E-state index is 0. The van der Waals surface area contributed by atoms with Gasteiger partial charge in [-0.2, -0.15) is 0 Å². The molecule has 0 atom stereocenters. The van der Waals surface area contributed by atoms with Crippen LogP contribution in [0.4, 0.5) is 0 Å². The van der Waals surface area contributed by atoms with Crippen molar-refractivity contribution in [3.05, 3.63) is 53.6 Å². The lowest BCUT2D eigenvalue weighted by atomic mass is 10.1. The molecular weight excluding hydrogens is 386 g/mol. The fourth-order valence-corrected chi connectivity index (χ4v) is 3.45. The van der Waals surface area contributed by atoms with Crippen LogP contribution in [0.3, 0.4) is 0 Å². The molecule has 2 aromatic rings. The molecule has 1 aliphatic heterocycles. The second-order valence-corrected chi connectivity index (χ2v) is 7.15. The Morgan fingerprint density at radius 3 is 2.03 bits per heavy atom. The maximum Gasteiger partial charge on any atom is 0.123 e. The Labute approximate surface area is 180 Å². The van der Waals surface area contributed by atoms with E-state index < -0.39 is 0 Å². The lowest BCUT2D eigenvalue weighted by molar-refractivity contribution is 0.205. The van der Waals surface area contributed by atoms with Crippen LogP contribution in [0.15, 0.2) is 42.5 Å². The van der Waals surface area contributed by atoms with Gasteiger partial charge in [-0.3, -0.25) is 0 Å². The van der Waals surface area contributed by atoms with Crippen molar-refractivity contribution in [2.45, 2.75) is 25.7 Å². The van der Waals surface area contributed by atoms with Crippen LogP contribution in [0.25, 0.3) is 12.2 Å². The van der Waals surface area contributed by atoms with Crippen LogP contribution < -0.4 is 14.2 Å². The first-order valence-corrected chi connectivity index (χ1v) is 10.1. The van der Waals surface area contributed by atoms with Gasteiger partial charge in [0.05, 0.1) is 20.8 Å². The molecular formula is C24H32ClNO3. The van der Waals surface area contributed by atoms with Gasteiger partial charge in [-0.15, -0.1) is 12.4 Å². The number of benzene rings is 2.